The Kier molecular flexibility index (Phi) is 3.96. The van der Waals surface area contributed by atoms with Crippen LogP contribution < -0.4 is 0 Å². The van der Waals surface area contributed by atoms with Crippen LogP contribution in [0.4, 0.5) is 13.2 Å². The SMILES string of the molecule is COC(=O)C(c1cccc2ccn(-c3ncccn3)c12)C(F)(F)F. The summed E-state index contributed by atoms with van der Waals surface area (Å²) in [5, 5.41) is 0.540. The van der Waals surface area contributed by atoms with Gasteiger partial charge >= 0.3 is 12.1 Å². The van der Waals surface area contributed by atoms with Gasteiger partial charge in [-0.05, 0) is 12.1 Å². The Morgan fingerprint density at radius 2 is 1.88 bits per heavy atom. The lowest BCUT2D eigenvalue weighted by atomic mass is 9.96. The molecule has 1 unspecified atom stereocenters. The maximum Gasteiger partial charge on any atom is 0.406 e. The molecule has 24 heavy (non-hydrogen) atoms. The number of alkyl halides is 3. The summed E-state index contributed by atoms with van der Waals surface area (Å²) in [6, 6.07) is 7.62. The van der Waals surface area contributed by atoms with Crippen LogP contribution in [-0.2, 0) is 9.53 Å². The minimum Gasteiger partial charge on any atom is -0.468 e. The van der Waals surface area contributed by atoms with Crippen molar-refractivity contribution in [1.82, 2.24) is 14.5 Å². The highest BCUT2D eigenvalue weighted by molar-refractivity contribution is 5.91. The Hall–Kier alpha value is -2.90. The first kappa shape index (κ1) is 16.0. The molecule has 0 spiro atoms. The number of aromatic nitrogens is 3. The predicted molar refractivity (Wildman–Crippen MR) is 79.7 cm³/mol. The summed E-state index contributed by atoms with van der Waals surface area (Å²) in [4.78, 5) is 19.9. The maximum atomic E-state index is 13.5. The number of nitrogens with zero attached hydrogens (tertiary/aromatic N) is 3. The summed E-state index contributed by atoms with van der Waals surface area (Å²) in [7, 11) is 0.931. The second-order valence-electron chi connectivity index (χ2n) is 5.02. The van der Waals surface area contributed by atoms with Crippen LogP contribution in [0.25, 0.3) is 16.9 Å². The average Bonchev–Trinajstić information content (AvgIpc) is 2.99. The van der Waals surface area contributed by atoms with E-state index in [1.165, 1.54) is 29.1 Å². The molecule has 0 amide bonds. The van der Waals surface area contributed by atoms with E-state index in [0.717, 1.165) is 7.11 Å². The molecule has 0 aliphatic rings. The highest BCUT2D eigenvalue weighted by atomic mass is 19.4. The van der Waals surface area contributed by atoms with E-state index in [1.54, 1.807) is 24.4 Å². The Labute approximate surface area is 134 Å². The van der Waals surface area contributed by atoms with Gasteiger partial charge in [0, 0.05) is 29.5 Å². The molecule has 1 aromatic carbocycles. The smallest absolute Gasteiger partial charge is 0.406 e. The zero-order valence-electron chi connectivity index (χ0n) is 12.5. The number of rotatable bonds is 3. The number of fused-ring (bicyclic) bond motifs is 1. The summed E-state index contributed by atoms with van der Waals surface area (Å²) < 4.78 is 46.2. The normalized spacial score (nSPS) is 13.0. The third-order valence-corrected chi connectivity index (χ3v) is 3.59. The number of hydrogen-bond donors (Lipinski definition) is 0. The van der Waals surface area contributed by atoms with Gasteiger partial charge in [-0.3, -0.25) is 9.36 Å². The molecule has 3 aromatic rings. The largest absolute Gasteiger partial charge is 0.468 e. The lowest BCUT2D eigenvalue weighted by Gasteiger charge is -2.20. The molecule has 0 aliphatic carbocycles. The van der Waals surface area contributed by atoms with Gasteiger partial charge in [0.1, 0.15) is 0 Å². The lowest BCUT2D eigenvalue weighted by Crippen LogP contribution is -2.30. The second kappa shape index (κ2) is 5.95. The summed E-state index contributed by atoms with van der Waals surface area (Å²) in [5.41, 5.74) is 0.0146. The molecule has 3 rings (SSSR count). The van der Waals surface area contributed by atoms with E-state index in [-0.39, 0.29) is 17.0 Å². The van der Waals surface area contributed by atoms with E-state index in [9.17, 15) is 18.0 Å². The Balaban J connectivity index is 2.28. The van der Waals surface area contributed by atoms with Crippen molar-refractivity contribution in [3.05, 3.63) is 54.5 Å². The molecule has 0 saturated heterocycles. The third-order valence-electron chi connectivity index (χ3n) is 3.59. The molecule has 0 radical (unpaired) electrons. The Morgan fingerprint density at radius 3 is 2.50 bits per heavy atom. The van der Waals surface area contributed by atoms with Crippen molar-refractivity contribution in [2.45, 2.75) is 12.1 Å². The number of ether oxygens (including phenoxy) is 1. The molecule has 0 fully saturated rings. The summed E-state index contributed by atoms with van der Waals surface area (Å²) in [6.45, 7) is 0. The van der Waals surface area contributed by atoms with Crippen LogP contribution in [0.15, 0.2) is 48.9 Å². The van der Waals surface area contributed by atoms with Crippen LogP contribution in [0.3, 0.4) is 0 Å². The minimum absolute atomic E-state index is 0.204. The van der Waals surface area contributed by atoms with E-state index in [4.69, 9.17) is 0 Å². The monoisotopic (exact) mass is 335 g/mol. The average molecular weight is 335 g/mol. The van der Waals surface area contributed by atoms with Gasteiger partial charge in [0.2, 0.25) is 5.95 Å². The van der Waals surface area contributed by atoms with Crippen molar-refractivity contribution in [2.75, 3.05) is 7.11 Å². The van der Waals surface area contributed by atoms with E-state index >= 15 is 0 Å². The fraction of sp³-hybridized carbons (Fsp3) is 0.188. The molecule has 8 heteroatoms. The van der Waals surface area contributed by atoms with E-state index < -0.39 is 18.1 Å². The van der Waals surface area contributed by atoms with Crippen LogP contribution in [0.5, 0.6) is 0 Å². The van der Waals surface area contributed by atoms with E-state index in [1.807, 2.05) is 0 Å². The topological polar surface area (TPSA) is 57.0 Å². The molecule has 0 bridgehead atoms. The van der Waals surface area contributed by atoms with Gasteiger partial charge in [0.15, 0.2) is 5.92 Å². The number of carbonyl (C=O) groups excluding carboxylic acids is 1. The molecule has 124 valence electrons. The van der Waals surface area contributed by atoms with Crippen molar-refractivity contribution in [2.24, 2.45) is 0 Å². The van der Waals surface area contributed by atoms with Crippen LogP contribution in [-0.4, -0.2) is 33.8 Å². The predicted octanol–water partition coefficient (Wildman–Crippen LogP) is 3.24. The van der Waals surface area contributed by atoms with Gasteiger partial charge in [-0.2, -0.15) is 13.2 Å². The number of esters is 1. The van der Waals surface area contributed by atoms with Crippen LogP contribution >= 0.6 is 0 Å². The number of carbonyl (C=O) groups is 1. The summed E-state index contributed by atoms with van der Waals surface area (Å²) >= 11 is 0. The van der Waals surface area contributed by atoms with E-state index in [2.05, 4.69) is 14.7 Å². The first-order valence-corrected chi connectivity index (χ1v) is 6.95. The van der Waals surface area contributed by atoms with Crippen molar-refractivity contribution >= 4 is 16.9 Å². The summed E-state index contributed by atoms with van der Waals surface area (Å²) in [5.74, 6) is -3.54. The third kappa shape index (κ3) is 2.70. The molecule has 0 N–H and O–H groups in total. The fourth-order valence-electron chi connectivity index (χ4n) is 2.59. The molecule has 0 saturated carbocycles. The van der Waals surface area contributed by atoms with Crippen molar-refractivity contribution in [1.29, 1.82) is 0 Å². The number of methoxy groups -OCH3 is 1. The molecule has 2 aromatic heterocycles. The fourth-order valence-corrected chi connectivity index (χ4v) is 2.59. The molecule has 1 atom stereocenters. The van der Waals surface area contributed by atoms with Crippen molar-refractivity contribution in [3.63, 3.8) is 0 Å². The minimum atomic E-state index is -4.78. The quantitative estimate of drug-likeness (QED) is 0.690. The molecular formula is C16H12F3N3O2. The van der Waals surface area contributed by atoms with E-state index in [0.29, 0.717) is 5.39 Å². The highest BCUT2D eigenvalue weighted by Gasteiger charge is 2.48. The zero-order valence-corrected chi connectivity index (χ0v) is 12.5. The zero-order chi connectivity index (χ0) is 17.3. The van der Waals surface area contributed by atoms with Crippen LogP contribution in [0, 0.1) is 0 Å². The second-order valence-corrected chi connectivity index (χ2v) is 5.02. The number of halogens is 3. The summed E-state index contributed by atoms with van der Waals surface area (Å²) in [6.07, 6.45) is -0.251. The van der Waals surface area contributed by atoms with Crippen molar-refractivity contribution < 1.29 is 22.7 Å². The van der Waals surface area contributed by atoms with Crippen molar-refractivity contribution in [3.8, 4) is 5.95 Å². The molecule has 0 aliphatic heterocycles. The molecular weight excluding hydrogens is 323 g/mol. The van der Waals surface area contributed by atoms with Gasteiger partial charge in [0.05, 0.1) is 12.6 Å². The number of hydrogen-bond acceptors (Lipinski definition) is 4. The molecule has 5 nitrogen and oxygen atoms in total. The first-order valence-electron chi connectivity index (χ1n) is 6.95. The van der Waals surface area contributed by atoms with Gasteiger partial charge in [0.25, 0.3) is 0 Å². The van der Waals surface area contributed by atoms with Gasteiger partial charge in [-0.25, -0.2) is 9.97 Å². The van der Waals surface area contributed by atoms with Gasteiger partial charge in [-0.15, -0.1) is 0 Å². The van der Waals surface area contributed by atoms with Gasteiger partial charge < -0.3 is 4.74 Å². The standard InChI is InChI=1S/C16H12F3N3O2/c1-24-14(23)12(16(17,18)19)11-5-2-4-10-6-9-22(13(10)11)15-20-7-3-8-21-15/h2-9,12H,1H3. The van der Waals surface area contributed by atoms with Gasteiger partial charge in [-0.1, -0.05) is 18.2 Å². The number of para-hydroxylation sites is 1. The first-order chi connectivity index (χ1) is 11.4. The highest BCUT2D eigenvalue weighted by Crippen LogP contribution is 2.39. The Bertz CT molecular complexity index is 875. The number of benzene rings is 1. The van der Waals surface area contributed by atoms with Crippen LogP contribution in [0.2, 0.25) is 0 Å². The Morgan fingerprint density at radius 1 is 1.17 bits per heavy atom. The maximum absolute atomic E-state index is 13.5. The molecule has 2 heterocycles. The lowest BCUT2D eigenvalue weighted by molar-refractivity contribution is -0.179. The van der Waals surface area contributed by atoms with Crippen LogP contribution in [0.1, 0.15) is 11.5 Å².